The smallest absolute Gasteiger partial charge is 0.225 e. The van der Waals surface area contributed by atoms with Crippen molar-refractivity contribution in [2.45, 2.75) is 25.8 Å². The normalized spacial score (nSPS) is 14.0. The predicted octanol–water partition coefficient (Wildman–Crippen LogP) is 4.15. The van der Waals surface area contributed by atoms with Gasteiger partial charge in [-0.05, 0) is 36.5 Å². The number of aromatic amines is 1. The Hall–Kier alpha value is -2.55. The topological polar surface area (TPSA) is 36.1 Å². The van der Waals surface area contributed by atoms with Gasteiger partial charge in [0.15, 0.2) is 0 Å². The molecular weight excluding hydrogens is 296 g/mol. The van der Waals surface area contributed by atoms with Crippen molar-refractivity contribution in [1.29, 1.82) is 0 Å². The molecule has 0 unspecified atom stereocenters. The largest absolute Gasteiger partial charge is 0.361 e. The highest BCUT2D eigenvalue weighted by Crippen LogP contribution is 2.31. The van der Waals surface area contributed by atoms with E-state index in [4.69, 9.17) is 0 Å². The molecule has 24 heavy (non-hydrogen) atoms. The van der Waals surface area contributed by atoms with Gasteiger partial charge in [0, 0.05) is 36.1 Å². The summed E-state index contributed by atoms with van der Waals surface area (Å²) in [7, 11) is 0. The Labute approximate surface area is 142 Å². The molecule has 0 spiro atoms. The second-order valence-electron chi connectivity index (χ2n) is 6.63. The summed E-state index contributed by atoms with van der Waals surface area (Å²) >= 11 is 0. The molecule has 1 N–H and O–H groups in total. The number of benzene rings is 2. The lowest BCUT2D eigenvalue weighted by atomic mass is 10.1. The van der Waals surface area contributed by atoms with Crippen molar-refractivity contribution in [3.05, 3.63) is 71.9 Å². The second kappa shape index (κ2) is 6.52. The van der Waals surface area contributed by atoms with Crippen LogP contribution < -0.4 is 0 Å². The Bertz CT molecular complexity index is 833. The fourth-order valence-corrected chi connectivity index (χ4v) is 3.25. The van der Waals surface area contributed by atoms with Crippen LogP contribution in [0, 0.1) is 5.92 Å². The van der Waals surface area contributed by atoms with Gasteiger partial charge in [-0.15, -0.1) is 0 Å². The van der Waals surface area contributed by atoms with Gasteiger partial charge in [-0.1, -0.05) is 48.5 Å². The SMILES string of the molecule is O=C(C1CC1)N(CCc1c[nH]c2ccccc12)Cc1ccccc1. The quantitative estimate of drug-likeness (QED) is 0.728. The lowest BCUT2D eigenvalue weighted by Gasteiger charge is -2.23. The standard InChI is InChI=1S/C21H22N2O/c24-21(17-10-11-17)23(15-16-6-2-1-3-7-16)13-12-18-14-22-20-9-5-4-8-19(18)20/h1-9,14,17,22H,10-13,15H2. The number of hydrogen-bond acceptors (Lipinski definition) is 1. The summed E-state index contributed by atoms with van der Waals surface area (Å²) in [6, 6.07) is 18.6. The molecule has 3 nitrogen and oxygen atoms in total. The summed E-state index contributed by atoms with van der Waals surface area (Å²) in [6.07, 6.45) is 5.07. The number of carbonyl (C=O) groups is 1. The van der Waals surface area contributed by atoms with Crippen LogP contribution in [0.15, 0.2) is 60.8 Å². The van der Waals surface area contributed by atoms with Crippen molar-refractivity contribution in [2.75, 3.05) is 6.54 Å². The molecule has 0 atom stereocenters. The van der Waals surface area contributed by atoms with Gasteiger partial charge in [0.05, 0.1) is 0 Å². The van der Waals surface area contributed by atoms with Crippen molar-refractivity contribution < 1.29 is 4.79 Å². The molecular formula is C21H22N2O. The van der Waals surface area contributed by atoms with Gasteiger partial charge in [-0.3, -0.25) is 4.79 Å². The molecule has 1 heterocycles. The summed E-state index contributed by atoms with van der Waals surface area (Å²) in [4.78, 5) is 18.0. The summed E-state index contributed by atoms with van der Waals surface area (Å²) in [5.41, 5.74) is 3.65. The van der Waals surface area contributed by atoms with Crippen LogP contribution in [0.1, 0.15) is 24.0 Å². The zero-order valence-electron chi connectivity index (χ0n) is 13.7. The van der Waals surface area contributed by atoms with E-state index in [9.17, 15) is 4.79 Å². The molecule has 122 valence electrons. The predicted molar refractivity (Wildman–Crippen MR) is 96.6 cm³/mol. The first-order valence-electron chi connectivity index (χ1n) is 8.69. The maximum Gasteiger partial charge on any atom is 0.225 e. The number of hydrogen-bond donors (Lipinski definition) is 1. The first-order chi connectivity index (χ1) is 11.8. The van der Waals surface area contributed by atoms with Crippen molar-refractivity contribution in [3.63, 3.8) is 0 Å². The molecule has 0 radical (unpaired) electrons. The van der Waals surface area contributed by atoms with Crippen LogP contribution in [-0.2, 0) is 17.8 Å². The summed E-state index contributed by atoms with van der Waals surface area (Å²) < 4.78 is 0. The minimum absolute atomic E-state index is 0.261. The van der Waals surface area contributed by atoms with E-state index in [0.29, 0.717) is 12.5 Å². The molecule has 1 amide bonds. The number of carbonyl (C=O) groups excluding carboxylic acids is 1. The molecule has 1 aromatic heterocycles. The second-order valence-corrected chi connectivity index (χ2v) is 6.63. The van der Waals surface area contributed by atoms with Crippen molar-refractivity contribution in [3.8, 4) is 0 Å². The Morgan fingerprint density at radius 1 is 1.04 bits per heavy atom. The zero-order valence-corrected chi connectivity index (χ0v) is 13.7. The Balaban J connectivity index is 1.50. The molecule has 0 bridgehead atoms. The molecule has 4 rings (SSSR count). The third-order valence-electron chi connectivity index (χ3n) is 4.78. The van der Waals surface area contributed by atoms with Gasteiger partial charge in [0.25, 0.3) is 0 Å². The van der Waals surface area contributed by atoms with Gasteiger partial charge in [0.2, 0.25) is 5.91 Å². The van der Waals surface area contributed by atoms with E-state index in [1.54, 1.807) is 0 Å². The molecule has 3 heteroatoms. The summed E-state index contributed by atoms with van der Waals surface area (Å²) in [5, 5.41) is 1.26. The number of para-hydroxylation sites is 1. The fourth-order valence-electron chi connectivity index (χ4n) is 3.25. The van der Waals surface area contributed by atoms with E-state index in [1.807, 2.05) is 29.2 Å². The Kier molecular flexibility index (Phi) is 4.08. The van der Waals surface area contributed by atoms with Gasteiger partial charge in [-0.2, -0.15) is 0 Å². The number of rotatable bonds is 6. The minimum Gasteiger partial charge on any atom is -0.361 e. The molecule has 3 aromatic rings. The van der Waals surface area contributed by atoms with E-state index in [-0.39, 0.29) is 5.92 Å². The van der Waals surface area contributed by atoms with Crippen molar-refractivity contribution >= 4 is 16.8 Å². The number of fused-ring (bicyclic) bond motifs is 1. The van der Waals surface area contributed by atoms with E-state index >= 15 is 0 Å². The van der Waals surface area contributed by atoms with Crippen LogP contribution >= 0.6 is 0 Å². The van der Waals surface area contributed by atoms with Gasteiger partial charge >= 0.3 is 0 Å². The third-order valence-corrected chi connectivity index (χ3v) is 4.78. The monoisotopic (exact) mass is 318 g/mol. The summed E-state index contributed by atoms with van der Waals surface area (Å²) in [5.74, 6) is 0.579. The van der Waals surface area contributed by atoms with Gasteiger partial charge in [0.1, 0.15) is 0 Å². The lowest BCUT2D eigenvalue weighted by molar-refractivity contribution is -0.133. The number of amides is 1. The fraction of sp³-hybridized carbons (Fsp3) is 0.286. The van der Waals surface area contributed by atoms with Crippen LogP contribution in [0.2, 0.25) is 0 Å². The maximum atomic E-state index is 12.7. The van der Waals surface area contributed by atoms with Crippen LogP contribution in [0.4, 0.5) is 0 Å². The molecule has 2 aromatic carbocycles. The molecule has 1 saturated carbocycles. The number of nitrogens with one attached hydrogen (secondary N) is 1. The molecule has 1 fully saturated rings. The Morgan fingerprint density at radius 2 is 1.79 bits per heavy atom. The van der Waals surface area contributed by atoms with Crippen LogP contribution in [-0.4, -0.2) is 22.3 Å². The average molecular weight is 318 g/mol. The third kappa shape index (κ3) is 3.21. The first-order valence-corrected chi connectivity index (χ1v) is 8.69. The van der Waals surface area contributed by atoms with Crippen molar-refractivity contribution in [1.82, 2.24) is 9.88 Å². The molecule has 0 aliphatic heterocycles. The zero-order chi connectivity index (χ0) is 16.4. The van der Waals surface area contributed by atoms with Gasteiger partial charge < -0.3 is 9.88 Å². The molecule has 1 aliphatic rings. The minimum atomic E-state index is 0.261. The Morgan fingerprint density at radius 3 is 2.58 bits per heavy atom. The average Bonchev–Trinajstić information content (AvgIpc) is 3.40. The van der Waals surface area contributed by atoms with Crippen molar-refractivity contribution in [2.24, 2.45) is 5.92 Å². The highest BCUT2D eigenvalue weighted by Gasteiger charge is 2.33. The van der Waals surface area contributed by atoms with Crippen LogP contribution in [0.3, 0.4) is 0 Å². The molecule has 0 saturated heterocycles. The van der Waals surface area contributed by atoms with E-state index in [0.717, 1.165) is 31.3 Å². The van der Waals surface area contributed by atoms with E-state index in [2.05, 4.69) is 41.5 Å². The lowest BCUT2D eigenvalue weighted by Crippen LogP contribution is -2.33. The van der Waals surface area contributed by atoms with E-state index < -0.39 is 0 Å². The van der Waals surface area contributed by atoms with Crippen LogP contribution in [0.25, 0.3) is 10.9 Å². The van der Waals surface area contributed by atoms with Crippen LogP contribution in [0.5, 0.6) is 0 Å². The van der Waals surface area contributed by atoms with Gasteiger partial charge in [-0.25, -0.2) is 0 Å². The molecule has 1 aliphatic carbocycles. The number of aromatic nitrogens is 1. The number of nitrogens with zero attached hydrogens (tertiary/aromatic N) is 1. The highest BCUT2D eigenvalue weighted by atomic mass is 16.2. The maximum absolute atomic E-state index is 12.7. The number of H-pyrrole nitrogens is 1. The highest BCUT2D eigenvalue weighted by molar-refractivity contribution is 5.83. The van der Waals surface area contributed by atoms with E-state index in [1.165, 1.54) is 16.5 Å². The summed E-state index contributed by atoms with van der Waals surface area (Å²) in [6.45, 7) is 1.48. The first kappa shape index (κ1) is 15.0.